The van der Waals surface area contributed by atoms with Crippen molar-refractivity contribution in [2.45, 2.75) is 43.7 Å². The predicted octanol–water partition coefficient (Wildman–Crippen LogP) is 2.50. The second kappa shape index (κ2) is 3.92. The number of piperidine rings is 1. The van der Waals surface area contributed by atoms with Crippen molar-refractivity contribution >= 4 is 5.78 Å². The molecular formula is C16H19NO. The Morgan fingerprint density at radius 2 is 2.00 bits per heavy atom. The Bertz CT molecular complexity index is 459. The fraction of sp³-hybridized carbons (Fsp3) is 0.562. The van der Waals surface area contributed by atoms with Crippen LogP contribution in [-0.4, -0.2) is 17.9 Å². The van der Waals surface area contributed by atoms with E-state index >= 15 is 0 Å². The summed E-state index contributed by atoms with van der Waals surface area (Å²) >= 11 is 0. The molecular weight excluding hydrogens is 222 g/mol. The number of carbonyl (C=O) groups excluding carboxylic acids is 1. The zero-order valence-corrected chi connectivity index (χ0v) is 10.5. The zero-order chi connectivity index (χ0) is 12.1. The minimum atomic E-state index is 0.186. The molecule has 0 radical (unpaired) electrons. The number of hydrogen-bond donors (Lipinski definition) is 1. The molecule has 1 aromatic rings. The molecule has 3 fully saturated rings. The molecule has 3 aliphatic rings. The van der Waals surface area contributed by atoms with E-state index in [9.17, 15) is 4.79 Å². The van der Waals surface area contributed by atoms with E-state index in [0.717, 1.165) is 18.8 Å². The first-order chi connectivity index (χ1) is 8.81. The van der Waals surface area contributed by atoms with Crippen molar-refractivity contribution in [3.05, 3.63) is 35.9 Å². The van der Waals surface area contributed by atoms with Gasteiger partial charge < -0.3 is 5.32 Å². The van der Waals surface area contributed by atoms with Crippen molar-refractivity contribution in [2.75, 3.05) is 0 Å². The standard InChI is InChI=1S/C16H19NO/c18-16(15-8-12-7-14(12)17-15)9-11-6-13(11)10-4-2-1-3-5-10/h1-5,11-15,17H,6-9H2/t11-,12-,13-,14-,15+/m1/s1. The van der Waals surface area contributed by atoms with Crippen LogP contribution in [0.25, 0.3) is 0 Å². The van der Waals surface area contributed by atoms with Gasteiger partial charge >= 0.3 is 0 Å². The number of ketones is 1. The van der Waals surface area contributed by atoms with Crippen LogP contribution in [0.3, 0.4) is 0 Å². The summed E-state index contributed by atoms with van der Waals surface area (Å²) in [5, 5.41) is 3.47. The van der Waals surface area contributed by atoms with Crippen LogP contribution < -0.4 is 5.32 Å². The Morgan fingerprint density at radius 1 is 1.17 bits per heavy atom. The average molecular weight is 241 g/mol. The third-order valence-corrected chi connectivity index (χ3v) is 4.88. The van der Waals surface area contributed by atoms with Gasteiger partial charge in [0.1, 0.15) is 5.78 Å². The molecule has 2 aliphatic carbocycles. The normalized spacial score (nSPS) is 40.3. The molecule has 1 aromatic carbocycles. The summed E-state index contributed by atoms with van der Waals surface area (Å²) in [5.74, 6) is 2.54. The summed E-state index contributed by atoms with van der Waals surface area (Å²) in [7, 11) is 0. The molecule has 2 nitrogen and oxygen atoms in total. The maximum Gasteiger partial charge on any atom is 0.150 e. The first-order valence-electron chi connectivity index (χ1n) is 7.15. The van der Waals surface area contributed by atoms with Crippen LogP contribution in [0.5, 0.6) is 0 Å². The van der Waals surface area contributed by atoms with E-state index in [1.807, 2.05) is 0 Å². The Labute approximate surface area is 108 Å². The van der Waals surface area contributed by atoms with Crippen LogP contribution in [0, 0.1) is 11.8 Å². The van der Waals surface area contributed by atoms with E-state index in [4.69, 9.17) is 0 Å². The minimum Gasteiger partial charge on any atom is -0.304 e. The Hall–Kier alpha value is -1.15. The van der Waals surface area contributed by atoms with Crippen molar-refractivity contribution in [1.29, 1.82) is 0 Å². The van der Waals surface area contributed by atoms with Crippen LogP contribution in [0.2, 0.25) is 0 Å². The fourth-order valence-corrected chi connectivity index (χ4v) is 3.55. The van der Waals surface area contributed by atoms with Crippen LogP contribution in [-0.2, 0) is 4.79 Å². The summed E-state index contributed by atoms with van der Waals surface area (Å²) in [6, 6.07) is 11.5. The highest BCUT2D eigenvalue weighted by atomic mass is 16.1. The molecule has 1 aliphatic heterocycles. The van der Waals surface area contributed by atoms with Gasteiger partial charge in [0.05, 0.1) is 6.04 Å². The van der Waals surface area contributed by atoms with Gasteiger partial charge in [-0.2, -0.15) is 0 Å². The molecule has 4 rings (SSSR count). The highest BCUT2D eigenvalue weighted by Crippen LogP contribution is 2.50. The van der Waals surface area contributed by atoms with Gasteiger partial charge in [-0.3, -0.25) is 4.79 Å². The average Bonchev–Trinajstić information content (AvgIpc) is 3.30. The summed E-state index contributed by atoms with van der Waals surface area (Å²) in [6.45, 7) is 0. The van der Waals surface area contributed by atoms with Crippen LogP contribution >= 0.6 is 0 Å². The molecule has 1 heterocycles. The summed E-state index contributed by atoms with van der Waals surface area (Å²) in [4.78, 5) is 12.2. The molecule has 0 aromatic heterocycles. The largest absolute Gasteiger partial charge is 0.304 e. The van der Waals surface area contributed by atoms with E-state index in [-0.39, 0.29) is 6.04 Å². The summed E-state index contributed by atoms with van der Waals surface area (Å²) < 4.78 is 0. The van der Waals surface area contributed by atoms with Gasteiger partial charge in [0, 0.05) is 12.5 Å². The lowest BCUT2D eigenvalue weighted by Gasteiger charge is -2.11. The molecule has 0 spiro atoms. The second-order valence-corrected chi connectivity index (χ2v) is 6.24. The SMILES string of the molecule is O=C(C[C@H]1C[C@@H]1c1ccccc1)[C@@H]1C[C@H]2C[C@H]2N1. The highest BCUT2D eigenvalue weighted by Gasteiger charge is 2.49. The van der Waals surface area contributed by atoms with E-state index in [0.29, 0.717) is 23.7 Å². The van der Waals surface area contributed by atoms with Gasteiger partial charge in [0.15, 0.2) is 0 Å². The molecule has 0 unspecified atom stereocenters. The van der Waals surface area contributed by atoms with E-state index < -0.39 is 0 Å². The topological polar surface area (TPSA) is 29.1 Å². The highest BCUT2D eigenvalue weighted by molar-refractivity contribution is 5.85. The Kier molecular flexibility index (Phi) is 2.34. The molecule has 0 amide bonds. The van der Waals surface area contributed by atoms with Crippen molar-refractivity contribution in [3.63, 3.8) is 0 Å². The van der Waals surface area contributed by atoms with Crippen LogP contribution in [0.15, 0.2) is 30.3 Å². The van der Waals surface area contributed by atoms with Gasteiger partial charge in [0.25, 0.3) is 0 Å². The lowest BCUT2D eigenvalue weighted by Crippen LogP contribution is -2.34. The maximum absolute atomic E-state index is 12.2. The molecule has 0 bridgehead atoms. The number of Topliss-reactive ketones (excluding diaryl/α,β-unsaturated/α-hetero) is 1. The molecule has 18 heavy (non-hydrogen) atoms. The first-order valence-corrected chi connectivity index (χ1v) is 7.15. The first kappa shape index (κ1) is 10.7. The quantitative estimate of drug-likeness (QED) is 0.877. The van der Waals surface area contributed by atoms with Gasteiger partial charge in [-0.25, -0.2) is 0 Å². The van der Waals surface area contributed by atoms with Crippen molar-refractivity contribution < 1.29 is 4.79 Å². The maximum atomic E-state index is 12.2. The number of carbonyl (C=O) groups is 1. The zero-order valence-electron chi connectivity index (χ0n) is 10.5. The Balaban J connectivity index is 1.33. The number of rotatable bonds is 4. The van der Waals surface area contributed by atoms with Gasteiger partial charge in [-0.1, -0.05) is 30.3 Å². The lowest BCUT2D eigenvalue weighted by molar-refractivity contribution is -0.121. The summed E-state index contributed by atoms with van der Waals surface area (Å²) in [6.07, 6.45) is 4.40. The molecule has 1 N–H and O–H groups in total. The monoisotopic (exact) mass is 241 g/mol. The van der Waals surface area contributed by atoms with Crippen LogP contribution in [0.1, 0.15) is 37.2 Å². The van der Waals surface area contributed by atoms with Gasteiger partial charge in [-0.05, 0) is 42.6 Å². The predicted molar refractivity (Wildman–Crippen MR) is 70.3 cm³/mol. The Morgan fingerprint density at radius 3 is 2.72 bits per heavy atom. The lowest BCUT2D eigenvalue weighted by atomic mass is 10.0. The van der Waals surface area contributed by atoms with E-state index in [1.165, 1.54) is 18.4 Å². The molecule has 5 atom stereocenters. The number of hydrogen-bond acceptors (Lipinski definition) is 2. The second-order valence-electron chi connectivity index (χ2n) is 6.24. The van der Waals surface area contributed by atoms with E-state index in [2.05, 4.69) is 35.6 Å². The van der Waals surface area contributed by atoms with E-state index in [1.54, 1.807) is 0 Å². The van der Waals surface area contributed by atoms with Crippen molar-refractivity contribution in [1.82, 2.24) is 5.32 Å². The third kappa shape index (κ3) is 1.89. The molecule has 1 saturated heterocycles. The minimum absolute atomic E-state index is 0.186. The fourth-order valence-electron chi connectivity index (χ4n) is 3.55. The van der Waals surface area contributed by atoms with Crippen molar-refractivity contribution in [3.8, 4) is 0 Å². The van der Waals surface area contributed by atoms with Crippen molar-refractivity contribution in [2.24, 2.45) is 11.8 Å². The molecule has 2 saturated carbocycles. The number of benzene rings is 1. The smallest absolute Gasteiger partial charge is 0.150 e. The molecule has 94 valence electrons. The summed E-state index contributed by atoms with van der Waals surface area (Å²) in [5.41, 5.74) is 1.41. The number of fused-ring (bicyclic) bond motifs is 1. The number of nitrogens with one attached hydrogen (secondary N) is 1. The van der Waals surface area contributed by atoms with Gasteiger partial charge in [0.2, 0.25) is 0 Å². The molecule has 2 heteroatoms. The van der Waals surface area contributed by atoms with Gasteiger partial charge in [-0.15, -0.1) is 0 Å². The van der Waals surface area contributed by atoms with Crippen LogP contribution in [0.4, 0.5) is 0 Å². The third-order valence-electron chi connectivity index (χ3n) is 4.88.